The van der Waals surface area contributed by atoms with Gasteiger partial charge in [-0.25, -0.2) is 4.39 Å². The summed E-state index contributed by atoms with van der Waals surface area (Å²) in [6.07, 6.45) is 2.00. The van der Waals surface area contributed by atoms with E-state index in [9.17, 15) is 4.39 Å². The van der Waals surface area contributed by atoms with Crippen molar-refractivity contribution in [2.45, 2.75) is 25.6 Å². The van der Waals surface area contributed by atoms with Gasteiger partial charge in [0.1, 0.15) is 5.82 Å². The van der Waals surface area contributed by atoms with E-state index in [4.69, 9.17) is 14.6 Å². The van der Waals surface area contributed by atoms with Crippen LogP contribution in [-0.4, -0.2) is 24.9 Å². The van der Waals surface area contributed by atoms with Crippen molar-refractivity contribution in [3.63, 3.8) is 0 Å². The molecule has 0 bridgehead atoms. The molecule has 0 spiro atoms. The number of aryl methyl sites for hydroxylation is 1. The highest BCUT2D eigenvalue weighted by Gasteiger charge is 2.21. The van der Waals surface area contributed by atoms with Crippen molar-refractivity contribution >= 4 is 0 Å². The summed E-state index contributed by atoms with van der Waals surface area (Å²) >= 11 is 0. The van der Waals surface area contributed by atoms with Gasteiger partial charge in [0.05, 0.1) is 13.2 Å². The minimum atomic E-state index is -0.435. The van der Waals surface area contributed by atoms with Gasteiger partial charge in [0, 0.05) is 12.2 Å². The van der Waals surface area contributed by atoms with E-state index in [2.05, 4.69) is 0 Å². The van der Waals surface area contributed by atoms with Gasteiger partial charge < -0.3 is 14.6 Å². The normalized spacial score (nSPS) is 16.6. The third-order valence-corrected chi connectivity index (χ3v) is 2.84. The maximum absolute atomic E-state index is 13.2. The van der Waals surface area contributed by atoms with Crippen LogP contribution in [0.5, 0.6) is 0 Å². The molecule has 0 atom stereocenters. The van der Waals surface area contributed by atoms with E-state index in [-0.39, 0.29) is 12.4 Å². The fraction of sp³-hybridized carbons (Fsp3) is 0.538. The third-order valence-electron chi connectivity index (χ3n) is 2.84. The van der Waals surface area contributed by atoms with E-state index >= 15 is 0 Å². The molecule has 1 heterocycles. The van der Waals surface area contributed by atoms with Crippen molar-refractivity contribution < 1.29 is 19.0 Å². The average molecular weight is 240 g/mol. The van der Waals surface area contributed by atoms with Crippen LogP contribution in [0.4, 0.5) is 4.39 Å². The average Bonchev–Trinajstić information content (AvgIpc) is 2.85. The number of ether oxygens (including phenoxy) is 2. The molecule has 0 radical (unpaired) electrons. The first-order chi connectivity index (χ1) is 8.31. The molecule has 17 heavy (non-hydrogen) atoms. The fourth-order valence-electron chi connectivity index (χ4n) is 1.98. The molecule has 4 heteroatoms. The van der Waals surface area contributed by atoms with Crippen LogP contribution in [0.15, 0.2) is 18.2 Å². The van der Waals surface area contributed by atoms with Crippen LogP contribution < -0.4 is 0 Å². The molecule has 1 aromatic rings. The number of aliphatic hydroxyl groups excluding tert-OH is 1. The first-order valence-electron chi connectivity index (χ1n) is 5.93. The smallest absolute Gasteiger partial charge is 0.184 e. The van der Waals surface area contributed by atoms with E-state index in [1.807, 2.05) is 0 Å². The quantitative estimate of drug-likeness (QED) is 0.802. The summed E-state index contributed by atoms with van der Waals surface area (Å²) in [6, 6.07) is 4.70. The van der Waals surface area contributed by atoms with Crippen molar-refractivity contribution in [1.29, 1.82) is 0 Å². The Balaban J connectivity index is 2.12. The minimum Gasteiger partial charge on any atom is -0.396 e. The number of hydrogen-bond donors (Lipinski definition) is 1. The Morgan fingerprint density at radius 2 is 2.00 bits per heavy atom. The van der Waals surface area contributed by atoms with Crippen LogP contribution in [-0.2, 0) is 15.9 Å². The van der Waals surface area contributed by atoms with Crippen molar-refractivity contribution in [2.75, 3.05) is 19.8 Å². The van der Waals surface area contributed by atoms with Crippen LogP contribution >= 0.6 is 0 Å². The lowest BCUT2D eigenvalue weighted by Gasteiger charge is -2.14. The molecule has 1 aromatic carbocycles. The summed E-state index contributed by atoms with van der Waals surface area (Å²) in [4.78, 5) is 0. The molecule has 2 rings (SSSR count). The molecule has 1 N–H and O–H groups in total. The second-order valence-corrected chi connectivity index (χ2v) is 4.10. The summed E-state index contributed by atoms with van der Waals surface area (Å²) in [5.74, 6) is -0.273. The number of aliphatic hydroxyl groups is 1. The highest BCUT2D eigenvalue weighted by Crippen LogP contribution is 2.28. The molecule has 1 saturated heterocycles. The Morgan fingerprint density at radius 3 is 2.71 bits per heavy atom. The maximum Gasteiger partial charge on any atom is 0.184 e. The van der Waals surface area contributed by atoms with E-state index in [1.54, 1.807) is 6.07 Å². The van der Waals surface area contributed by atoms with Gasteiger partial charge in [-0.15, -0.1) is 0 Å². The Labute approximate surface area is 100 Å². The van der Waals surface area contributed by atoms with Gasteiger partial charge in [0.25, 0.3) is 0 Å². The highest BCUT2D eigenvalue weighted by atomic mass is 19.1. The molecule has 3 nitrogen and oxygen atoms in total. The van der Waals surface area contributed by atoms with Gasteiger partial charge >= 0.3 is 0 Å². The van der Waals surface area contributed by atoms with Gasteiger partial charge in [-0.3, -0.25) is 0 Å². The van der Waals surface area contributed by atoms with Crippen LogP contribution in [0.1, 0.15) is 30.3 Å². The summed E-state index contributed by atoms with van der Waals surface area (Å²) in [6.45, 7) is 1.29. The molecule has 0 aromatic heterocycles. The molecule has 1 aliphatic rings. The molecule has 0 amide bonds. The molecular weight excluding hydrogens is 223 g/mol. The summed E-state index contributed by atoms with van der Waals surface area (Å²) in [5.41, 5.74) is 1.81. The van der Waals surface area contributed by atoms with Crippen molar-refractivity contribution in [3.05, 3.63) is 35.1 Å². The van der Waals surface area contributed by atoms with E-state index in [1.165, 1.54) is 12.1 Å². The lowest BCUT2D eigenvalue weighted by Crippen LogP contribution is -2.04. The molecule has 1 aliphatic heterocycles. The van der Waals surface area contributed by atoms with Gasteiger partial charge in [0.15, 0.2) is 6.29 Å². The summed E-state index contributed by atoms with van der Waals surface area (Å²) in [5, 5.41) is 8.76. The van der Waals surface area contributed by atoms with Crippen molar-refractivity contribution in [3.8, 4) is 0 Å². The topological polar surface area (TPSA) is 38.7 Å². The lowest BCUT2D eigenvalue weighted by atomic mass is 10.0. The van der Waals surface area contributed by atoms with E-state index in [0.29, 0.717) is 13.2 Å². The summed E-state index contributed by atoms with van der Waals surface area (Å²) < 4.78 is 24.0. The standard InChI is InChI=1S/C13H17FO3/c14-11-5-4-10(3-1-2-6-15)12(9-11)13-16-7-8-17-13/h4-5,9,13,15H,1-3,6-8H2. The Bertz CT molecular complexity index is 362. The first-order valence-corrected chi connectivity index (χ1v) is 5.93. The minimum absolute atomic E-state index is 0.187. The number of benzene rings is 1. The van der Waals surface area contributed by atoms with Gasteiger partial charge in [-0.05, 0) is 37.0 Å². The number of unbranched alkanes of at least 4 members (excludes halogenated alkanes) is 1. The zero-order valence-electron chi connectivity index (χ0n) is 9.69. The fourth-order valence-corrected chi connectivity index (χ4v) is 1.98. The first kappa shape index (κ1) is 12.5. The van der Waals surface area contributed by atoms with Crippen LogP contribution in [0, 0.1) is 5.82 Å². The second kappa shape index (κ2) is 6.10. The molecule has 0 saturated carbocycles. The molecular formula is C13H17FO3. The van der Waals surface area contributed by atoms with Gasteiger partial charge in [-0.1, -0.05) is 6.07 Å². The zero-order valence-corrected chi connectivity index (χ0v) is 9.69. The Hall–Kier alpha value is -0.970. The maximum atomic E-state index is 13.2. The lowest BCUT2D eigenvalue weighted by molar-refractivity contribution is -0.0449. The zero-order chi connectivity index (χ0) is 12.1. The van der Waals surface area contributed by atoms with Crippen LogP contribution in [0.2, 0.25) is 0 Å². The van der Waals surface area contributed by atoms with Gasteiger partial charge in [-0.2, -0.15) is 0 Å². The number of hydrogen-bond acceptors (Lipinski definition) is 3. The molecule has 94 valence electrons. The molecule has 1 fully saturated rings. The van der Waals surface area contributed by atoms with Gasteiger partial charge in [0.2, 0.25) is 0 Å². The van der Waals surface area contributed by atoms with Crippen LogP contribution in [0.3, 0.4) is 0 Å². The monoisotopic (exact) mass is 240 g/mol. The Kier molecular flexibility index (Phi) is 4.48. The van der Waals surface area contributed by atoms with Crippen molar-refractivity contribution in [2.24, 2.45) is 0 Å². The highest BCUT2D eigenvalue weighted by molar-refractivity contribution is 5.29. The predicted molar refractivity (Wildman–Crippen MR) is 61.1 cm³/mol. The van der Waals surface area contributed by atoms with E-state index < -0.39 is 6.29 Å². The SMILES string of the molecule is OCCCCc1ccc(F)cc1C1OCCO1. The van der Waals surface area contributed by atoms with Crippen LogP contribution in [0.25, 0.3) is 0 Å². The number of halogens is 1. The third kappa shape index (κ3) is 3.25. The molecule has 0 unspecified atom stereocenters. The predicted octanol–water partition coefficient (Wildman–Crippen LogP) is 2.19. The second-order valence-electron chi connectivity index (χ2n) is 4.10. The van der Waals surface area contributed by atoms with E-state index in [0.717, 1.165) is 30.4 Å². The Morgan fingerprint density at radius 1 is 1.24 bits per heavy atom. The summed E-state index contributed by atoms with van der Waals surface area (Å²) in [7, 11) is 0. The number of rotatable bonds is 5. The molecule has 0 aliphatic carbocycles. The van der Waals surface area contributed by atoms with Crippen molar-refractivity contribution in [1.82, 2.24) is 0 Å². The largest absolute Gasteiger partial charge is 0.396 e.